The number of esters is 1. The minimum Gasteiger partial charge on any atom is -0.458 e. The maximum atomic E-state index is 13.1. The molecule has 3 aromatic rings. The minimum absolute atomic E-state index is 0.126. The fraction of sp³-hybridized carbons (Fsp3) is 0.227. The van der Waals surface area contributed by atoms with Crippen molar-refractivity contribution in [3.05, 3.63) is 69.0 Å². The van der Waals surface area contributed by atoms with Gasteiger partial charge in [0.15, 0.2) is 6.10 Å². The number of pyridine rings is 2. The number of cyclic esters (lactones) is 1. The van der Waals surface area contributed by atoms with Crippen LogP contribution in [0.4, 0.5) is 0 Å². The molecule has 0 radical (unpaired) electrons. The number of carbonyl (C=O) groups is 1. The maximum Gasteiger partial charge on any atom is 0.340 e. The maximum absolute atomic E-state index is 13.1. The molecule has 4 heterocycles. The molecule has 0 amide bonds. The summed E-state index contributed by atoms with van der Waals surface area (Å²) in [4.78, 5) is 29.7. The zero-order valence-electron chi connectivity index (χ0n) is 15.6. The summed E-state index contributed by atoms with van der Waals surface area (Å²) in [6, 6.07) is 9.52. The summed E-state index contributed by atoms with van der Waals surface area (Å²) in [5.74, 6) is -0.739. The number of hydrogen-bond donors (Lipinski definition) is 2. The largest absolute Gasteiger partial charge is 0.458 e. The Kier molecular flexibility index (Phi) is 4.08. The Labute approximate surface area is 166 Å². The van der Waals surface area contributed by atoms with Crippen LogP contribution in [0.5, 0.6) is 0 Å². The summed E-state index contributed by atoms with van der Waals surface area (Å²) in [6.45, 7) is 0.806. The van der Waals surface area contributed by atoms with E-state index in [0.717, 1.165) is 28.5 Å². The summed E-state index contributed by atoms with van der Waals surface area (Å²) in [6.07, 6.45) is 3.35. The van der Waals surface area contributed by atoms with Gasteiger partial charge in [0.05, 0.1) is 29.0 Å². The molecule has 0 aliphatic carbocycles. The van der Waals surface area contributed by atoms with Gasteiger partial charge in [-0.15, -0.1) is 0 Å². The van der Waals surface area contributed by atoms with Crippen LogP contribution in [0, 0.1) is 0 Å². The van der Waals surface area contributed by atoms with Crippen molar-refractivity contribution < 1.29 is 14.6 Å². The normalized spacial score (nSPS) is 17.3. The Bertz CT molecular complexity index is 1260. The predicted octanol–water partition coefficient (Wildman–Crippen LogP) is 1.88. The molecular weight excluding hydrogens is 370 g/mol. The fourth-order valence-electron chi connectivity index (χ4n) is 4.09. The molecule has 1 aromatic carbocycles. The van der Waals surface area contributed by atoms with Crippen molar-refractivity contribution in [2.75, 3.05) is 6.54 Å². The number of rotatable bonds is 3. The van der Waals surface area contributed by atoms with Crippen LogP contribution in [0.15, 0.2) is 41.2 Å². The fourth-order valence-corrected chi connectivity index (χ4v) is 4.09. The SMILES string of the molecule is NCC/C=C/c1c2c(nc3ccccc13)-c1cc3c(c(=O)n1C2)COC(=O)[C@H]3O. The van der Waals surface area contributed by atoms with Gasteiger partial charge in [0.25, 0.3) is 5.56 Å². The van der Waals surface area contributed by atoms with E-state index in [0.29, 0.717) is 35.6 Å². The molecule has 0 spiro atoms. The molecule has 0 bridgehead atoms. The molecule has 146 valence electrons. The third-order valence-electron chi connectivity index (χ3n) is 5.53. The standard InChI is InChI=1S/C22H19N3O4/c23-8-4-3-5-12-13-6-1-2-7-17(13)24-19-15(12)10-25-18(19)9-14-16(21(25)27)11-29-22(28)20(14)26/h1-3,5-7,9,20,26H,4,8,10-11,23H2/b5-3+/t20-/m0/s1. The molecule has 7 nitrogen and oxygen atoms in total. The number of ether oxygens (including phenoxy) is 1. The topological polar surface area (TPSA) is 107 Å². The number of aliphatic hydroxyl groups excluding tert-OH is 1. The van der Waals surface area contributed by atoms with Crippen LogP contribution in [0.2, 0.25) is 0 Å². The summed E-state index contributed by atoms with van der Waals surface area (Å²) < 4.78 is 6.59. The van der Waals surface area contributed by atoms with Gasteiger partial charge in [-0.2, -0.15) is 0 Å². The molecule has 2 aliphatic rings. The number of aromatic nitrogens is 2. The van der Waals surface area contributed by atoms with Crippen molar-refractivity contribution in [2.24, 2.45) is 5.73 Å². The lowest BCUT2D eigenvalue weighted by Crippen LogP contribution is -2.32. The summed E-state index contributed by atoms with van der Waals surface area (Å²) in [7, 11) is 0. The van der Waals surface area contributed by atoms with Crippen molar-refractivity contribution in [1.29, 1.82) is 0 Å². The van der Waals surface area contributed by atoms with E-state index in [1.807, 2.05) is 36.4 Å². The Morgan fingerprint density at radius 2 is 2.10 bits per heavy atom. The smallest absolute Gasteiger partial charge is 0.340 e. The van der Waals surface area contributed by atoms with Gasteiger partial charge in [-0.05, 0) is 30.7 Å². The molecule has 5 rings (SSSR count). The van der Waals surface area contributed by atoms with Gasteiger partial charge in [-0.1, -0.05) is 30.4 Å². The van der Waals surface area contributed by atoms with Crippen molar-refractivity contribution in [3.8, 4) is 11.4 Å². The molecule has 0 fully saturated rings. The second-order valence-electron chi connectivity index (χ2n) is 7.21. The van der Waals surface area contributed by atoms with E-state index in [4.69, 9.17) is 15.5 Å². The number of nitrogens with zero attached hydrogens (tertiary/aromatic N) is 2. The zero-order valence-corrected chi connectivity index (χ0v) is 15.6. The van der Waals surface area contributed by atoms with Crippen LogP contribution < -0.4 is 11.3 Å². The second-order valence-corrected chi connectivity index (χ2v) is 7.21. The molecule has 7 heteroatoms. The van der Waals surface area contributed by atoms with Crippen molar-refractivity contribution in [1.82, 2.24) is 9.55 Å². The van der Waals surface area contributed by atoms with Crippen LogP contribution in [-0.4, -0.2) is 27.2 Å². The van der Waals surface area contributed by atoms with Crippen LogP contribution in [0.3, 0.4) is 0 Å². The predicted molar refractivity (Wildman–Crippen MR) is 108 cm³/mol. The first-order valence-corrected chi connectivity index (χ1v) is 9.50. The quantitative estimate of drug-likeness (QED) is 0.518. The number of para-hydroxylation sites is 1. The summed E-state index contributed by atoms with van der Waals surface area (Å²) in [5.41, 5.74) is 10.1. The third-order valence-corrected chi connectivity index (χ3v) is 5.53. The number of carbonyl (C=O) groups excluding carboxylic acids is 1. The van der Waals surface area contributed by atoms with Gasteiger partial charge in [-0.3, -0.25) is 4.79 Å². The van der Waals surface area contributed by atoms with Crippen LogP contribution in [-0.2, 0) is 22.7 Å². The molecule has 2 aliphatic heterocycles. The Morgan fingerprint density at radius 3 is 2.93 bits per heavy atom. The van der Waals surface area contributed by atoms with Gasteiger partial charge in [0.1, 0.15) is 6.61 Å². The van der Waals surface area contributed by atoms with Gasteiger partial charge in [0, 0.05) is 16.5 Å². The van der Waals surface area contributed by atoms with Gasteiger partial charge in [-0.25, -0.2) is 9.78 Å². The molecular formula is C22H19N3O4. The Morgan fingerprint density at radius 1 is 1.28 bits per heavy atom. The molecule has 1 atom stereocenters. The lowest BCUT2D eigenvalue weighted by molar-refractivity contribution is -0.157. The van der Waals surface area contributed by atoms with Gasteiger partial charge in [0.2, 0.25) is 0 Å². The van der Waals surface area contributed by atoms with Crippen molar-refractivity contribution in [2.45, 2.75) is 25.7 Å². The molecule has 0 unspecified atom stereocenters. The van der Waals surface area contributed by atoms with Crippen molar-refractivity contribution in [3.63, 3.8) is 0 Å². The lowest BCUT2D eigenvalue weighted by Gasteiger charge is -2.21. The second kappa shape index (κ2) is 6.65. The average molecular weight is 389 g/mol. The van der Waals surface area contributed by atoms with E-state index in [9.17, 15) is 14.7 Å². The summed E-state index contributed by atoms with van der Waals surface area (Å²) >= 11 is 0. The highest BCUT2D eigenvalue weighted by atomic mass is 16.5. The van der Waals surface area contributed by atoms with E-state index >= 15 is 0 Å². The van der Waals surface area contributed by atoms with E-state index in [1.165, 1.54) is 0 Å². The van der Waals surface area contributed by atoms with E-state index in [1.54, 1.807) is 10.6 Å². The number of fused-ring (bicyclic) bond motifs is 5. The highest BCUT2D eigenvalue weighted by molar-refractivity contribution is 5.93. The average Bonchev–Trinajstić information content (AvgIpc) is 3.09. The number of benzene rings is 1. The van der Waals surface area contributed by atoms with Gasteiger partial charge < -0.3 is 20.1 Å². The van der Waals surface area contributed by atoms with Crippen LogP contribution >= 0.6 is 0 Å². The number of nitrogens with two attached hydrogens (primary N) is 1. The minimum atomic E-state index is -1.45. The van der Waals surface area contributed by atoms with E-state index in [-0.39, 0.29) is 12.2 Å². The molecule has 29 heavy (non-hydrogen) atoms. The Hall–Kier alpha value is -3.29. The van der Waals surface area contributed by atoms with Gasteiger partial charge >= 0.3 is 5.97 Å². The highest BCUT2D eigenvalue weighted by Gasteiger charge is 2.34. The molecule has 0 saturated heterocycles. The van der Waals surface area contributed by atoms with Crippen molar-refractivity contribution >= 4 is 22.9 Å². The first-order chi connectivity index (χ1) is 14.1. The highest BCUT2D eigenvalue weighted by Crippen LogP contribution is 2.38. The first kappa shape index (κ1) is 17.8. The molecule has 2 aromatic heterocycles. The monoisotopic (exact) mass is 389 g/mol. The molecule has 3 N–H and O–H groups in total. The zero-order chi connectivity index (χ0) is 20.1. The van der Waals surface area contributed by atoms with E-state index in [2.05, 4.69) is 0 Å². The first-order valence-electron chi connectivity index (χ1n) is 9.50. The van der Waals surface area contributed by atoms with Crippen LogP contribution in [0.25, 0.3) is 28.4 Å². The van der Waals surface area contributed by atoms with E-state index < -0.39 is 12.1 Å². The molecule has 0 saturated carbocycles. The lowest BCUT2D eigenvalue weighted by atomic mass is 9.98. The number of aliphatic hydroxyl groups is 1. The van der Waals surface area contributed by atoms with Crippen LogP contribution in [0.1, 0.15) is 34.8 Å². The Balaban J connectivity index is 1.78. The third kappa shape index (κ3) is 2.62. The summed E-state index contributed by atoms with van der Waals surface area (Å²) in [5, 5.41) is 11.2. The number of hydrogen-bond acceptors (Lipinski definition) is 6.